The molecule has 1 fully saturated rings. The van der Waals surface area contributed by atoms with Crippen LogP contribution in [0.25, 0.3) is 0 Å². The van der Waals surface area contributed by atoms with Crippen LogP contribution in [0.2, 0.25) is 0 Å². The third-order valence-electron chi connectivity index (χ3n) is 3.33. The van der Waals surface area contributed by atoms with E-state index in [1.807, 2.05) is 12.1 Å². The van der Waals surface area contributed by atoms with Gasteiger partial charge in [-0.25, -0.2) is 13.1 Å². The van der Waals surface area contributed by atoms with Crippen molar-refractivity contribution >= 4 is 10.0 Å². The van der Waals surface area contributed by atoms with Crippen molar-refractivity contribution < 1.29 is 12.9 Å². The molecule has 0 radical (unpaired) electrons. The average Bonchev–Trinajstić information content (AvgIpc) is 3.17. The Kier molecular flexibility index (Phi) is 4.05. The van der Waals surface area contributed by atoms with Crippen LogP contribution >= 0.6 is 0 Å². The third kappa shape index (κ3) is 3.90. The van der Waals surface area contributed by atoms with Crippen LogP contribution in [-0.2, 0) is 23.1 Å². The maximum atomic E-state index is 12.1. The molecule has 1 aliphatic rings. The fraction of sp³-hybridized carbons (Fsp3) is 0.357. The number of hydrogen-bond donors (Lipinski definition) is 2. The summed E-state index contributed by atoms with van der Waals surface area (Å²) >= 11 is 0. The van der Waals surface area contributed by atoms with Gasteiger partial charge < -0.3 is 9.84 Å². The van der Waals surface area contributed by atoms with Crippen molar-refractivity contribution in [2.75, 3.05) is 0 Å². The first-order valence-corrected chi connectivity index (χ1v) is 8.33. The van der Waals surface area contributed by atoms with Crippen molar-refractivity contribution in [1.82, 2.24) is 15.2 Å². The Morgan fingerprint density at radius 2 is 1.90 bits per heavy atom. The highest BCUT2D eigenvalue weighted by Gasteiger charge is 2.20. The molecule has 0 amide bonds. The molecule has 7 heteroatoms. The Balaban J connectivity index is 1.61. The number of nitrogens with one attached hydrogen (secondary N) is 2. The molecule has 0 aliphatic heterocycles. The lowest BCUT2D eigenvalue weighted by Gasteiger charge is -2.07. The molecule has 0 saturated heterocycles. The summed E-state index contributed by atoms with van der Waals surface area (Å²) in [6.45, 7) is 0.865. The van der Waals surface area contributed by atoms with E-state index >= 15 is 0 Å². The molecule has 6 nitrogen and oxygen atoms in total. The molecule has 3 rings (SSSR count). The van der Waals surface area contributed by atoms with Crippen LogP contribution in [0.1, 0.15) is 24.2 Å². The second-order valence-corrected chi connectivity index (χ2v) is 6.87. The van der Waals surface area contributed by atoms with Gasteiger partial charge in [0.05, 0.1) is 17.6 Å². The number of aromatic nitrogens is 1. The van der Waals surface area contributed by atoms with E-state index in [9.17, 15) is 8.42 Å². The van der Waals surface area contributed by atoms with Gasteiger partial charge in [-0.3, -0.25) is 0 Å². The van der Waals surface area contributed by atoms with E-state index in [1.165, 1.54) is 19.0 Å². The first-order valence-electron chi connectivity index (χ1n) is 6.85. The summed E-state index contributed by atoms with van der Waals surface area (Å²) in [5.74, 6) is 0.476. The highest BCUT2D eigenvalue weighted by Crippen LogP contribution is 2.19. The second-order valence-electron chi connectivity index (χ2n) is 5.10. The van der Waals surface area contributed by atoms with Crippen LogP contribution in [0, 0.1) is 0 Å². The minimum absolute atomic E-state index is 0.0906. The fourth-order valence-electron chi connectivity index (χ4n) is 1.92. The predicted octanol–water partition coefficient (Wildman–Crippen LogP) is 1.41. The highest BCUT2D eigenvalue weighted by atomic mass is 32.2. The minimum Gasteiger partial charge on any atom is -0.360 e. The van der Waals surface area contributed by atoms with Gasteiger partial charge in [0.25, 0.3) is 0 Å². The highest BCUT2D eigenvalue weighted by molar-refractivity contribution is 7.89. The van der Waals surface area contributed by atoms with Crippen LogP contribution in [-0.4, -0.2) is 19.6 Å². The summed E-state index contributed by atoms with van der Waals surface area (Å²) in [6.07, 6.45) is 3.95. The molecule has 0 atom stereocenters. The quantitative estimate of drug-likeness (QED) is 0.808. The van der Waals surface area contributed by atoms with E-state index in [0.717, 1.165) is 12.1 Å². The van der Waals surface area contributed by atoms with E-state index in [2.05, 4.69) is 15.2 Å². The first kappa shape index (κ1) is 14.2. The number of hydrogen-bond acceptors (Lipinski definition) is 5. The largest absolute Gasteiger partial charge is 0.360 e. The molecule has 112 valence electrons. The molecular weight excluding hydrogens is 290 g/mol. The van der Waals surface area contributed by atoms with E-state index in [-0.39, 0.29) is 11.4 Å². The van der Waals surface area contributed by atoms with Crippen molar-refractivity contribution in [3.63, 3.8) is 0 Å². The molecule has 1 heterocycles. The van der Waals surface area contributed by atoms with Gasteiger partial charge in [-0.2, -0.15) is 0 Å². The van der Waals surface area contributed by atoms with Crippen molar-refractivity contribution in [2.24, 2.45) is 0 Å². The monoisotopic (exact) mass is 307 g/mol. The lowest BCUT2D eigenvalue weighted by atomic mass is 10.2. The maximum absolute atomic E-state index is 12.1. The van der Waals surface area contributed by atoms with Crippen molar-refractivity contribution in [1.29, 1.82) is 0 Å². The van der Waals surface area contributed by atoms with Crippen LogP contribution in [0.5, 0.6) is 0 Å². The Labute approximate surface area is 123 Å². The third-order valence-corrected chi connectivity index (χ3v) is 4.75. The number of sulfonamides is 1. The van der Waals surface area contributed by atoms with Crippen molar-refractivity contribution in [3.8, 4) is 0 Å². The van der Waals surface area contributed by atoms with Gasteiger partial charge in [0.2, 0.25) is 10.0 Å². The molecule has 2 aromatic rings. The molecule has 2 N–H and O–H groups in total. The zero-order valence-electron chi connectivity index (χ0n) is 11.5. The summed E-state index contributed by atoms with van der Waals surface area (Å²) in [4.78, 5) is 0.247. The van der Waals surface area contributed by atoms with Crippen LogP contribution < -0.4 is 10.0 Å². The number of rotatable bonds is 7. The summed E-state index contributed by atoms with van der Waals surface area (Å²) in [7, 11) is -3.53. The molecule has 1 saturated carbocycles. The first-order chi connectivity index (χ1) is 10.1. The Bertz CT molecular complexity index is 677. The topological polar surface area (TPSA) is 84.2 Å². The molecular formula is C14H17N3O3S. The van der Waals surface area contributed by atoms with Gasteiger partial charge in [0.15, 0.2) is 5.76 Å². The van der Waals surface area contributed by atoms with Gasteiger partial charge in [0, 0.05) is 18.7 Å². The van der Waals surface area contributed by atoms with Gasteiger partial charge >= 0.3 is 0 Å². The fourth-order valence-corrected chi connectivity index (χ4v) is 2.91. The maximum Gasteiger partial charge on any atom is 0.240 e. The Hall–Kier alpha value is -1.70. The predicted molar refractivity (Wildman–Crippen MR) is 76.8 cm³/mol. The van der Waals surface area contributed by atoms with Crippen LogP contribution in [0.3, 0.4) is 0 Å². The number of nitrogens with zero attached hydrogens (tertiary/aromatic N) is 1. The van der Waals surface area contributed by atoms with E-state index in [4.69, 9.17) is 4.52 Å². The molecule has 21 heavy (non-hydrogen) atoms. The summed E-state index contributed by atoms with van der Waals surface area (Å²) in [5, 5.41) is 6.92. The molecule has 1 aromatic carbocycles. The van der Waals surface area contributed by atoms with E-state index in [1.54, 1.807) is 18.2 Å². The lowest BCUT2D eigenvalue weighted by Crippen LogP contribution is -2.23. The average molecular weight is 307 g/mol. The van der Waals surface area contributed by atoms with E-state index < -0.39 is 10.0 Å². The van der Waals surface area contributed by atoms with Crippen molar-refractivity contribution in [2.45, 2.75) is 36.9 Å². The van der Waals surface area contributed by atoms with E-state index in [0.29, 0.717) is 11.8 Å². The molecule has 0 bridgehead atoms. The summed E-state index contributed by atoms with van der Waals surface area (Å²) in [5.41, 5.74) is 1.08. The van der Waals surface area contributed by atoms with Crippen LogP contribution in [0.4, 0.5) is 0 Å². The smallest absolute Gasteiger partial charge is 0.240 e. The van der Waals surface area contributed by atoms with Gasteiger partial charge in [-0.15, -0.1) is 0 Å². The molecule has 1 aliphatic carbocycles. The zero-order valence-corrected chi connectivity index (χ0v) is 12.3. The summed E-state index contributed by atoms with van der Waals surface area (Å²) < 4.78 is 31.6. The summed E-state index contributed by atoms with van der Waals surface area (Å²) in [6, 6.07) is 9.16. The zero-order chi connectivity index (χ0) is 14.7. The normalized spacial score (nSPS) is 15.2. The standard InChI is InChI=1S/C14H17N3O3S/c18-21(19,17-10-13-7-8-16-20-13)14-5-1-11(2-6-14)9-15-12-3-4-12/h1-2,5-8,12,15,17H,3-4,9-10H2. The lowest BCUT2D eigenvalue weighted by molar-refractivity contribution is 0.380. The Morgan fingerprint density at radius 1 is 1.14 bits per heavy atom. The van der Waals surface area contributed by atoms with Gasteiger partial charge in [-0.1, -0.05) is 17.3 Å². The second kappa shape index (κ2) is 5.97. The minimum atomic E-state index is -3.53. The van der Waals surface area contributed by atoms with Gasteiger partial charge in [0.1, 0.15) is 0 Å². The Morgan fingerprint density at radius 3 is 2.52 bits per heavy atom. The molecule has 0 unspecified atom stereocenters. The molecule has 1 aromatic heterocycles. The van der Waals surface area contributed by atoms with Gasteiger partial charge in [-0.05, 0) is 30.5 Å². The SMILES string of the molecule is O=S(=O)(NCc1ccno1)c1ccc(CNC2CC2)cc1. The number of benzene rings is 1. The molecule has 0 spiro atoms. The van der Waals surface area contributed by atoms with Crippen molar-refractivity contribution in [3.05, 3.63) is 47.9 Å². The van der Waals surface area contributed by atoms with Crippen LogP contribution in [0.15, 0.2) is 45.9 Å².